The molecule has 0 unspecified atom stereocenters. The van der Waals surface area contributed by atoms with Crippen LogP contribution in [0.4, 0.5) is 5.00 Å². The monoisotopic (exact) mass is 375 g/mol. The number of anilines is 1. The number of carbonyl (C=O) groups excluding carboxylic acids is 3. The van der Waals surface area contributed by atoms with Gasteiger partial charge in [-0.15, -0.1) is 11.3 Å². The highest BCUT2D eigenvalue weighted by Crippen LogP contribution is 2.37. The molecule has 2 aromatic heterocycles. The molecule has 3 heterocycles. The van der Waals surface area contributed by atoms with Crippen LogP contribution in [0.25, 0.3) is 0 Å². The molecule has 0 aliphatic carbocycles. The second-order valence-electron chi connectivity index (χ2n) is 6.20. The predicted molar refractivity (Wildman–Crippen MR) is 98.2 cm³/mol. The molecule has 2 aromatic rings. The summed E-state index contributed by atoms with van der Waals surface area (Å²) in [5.41, 5.74) is 7.92. The number of nitrogens with two attached hydrogens (primary N) is 1. The van der Waals surface area contributed by atoms with Crippen molar-refractivity contribution in [2.45, 2.75) is 40.3 Å². The zero-order chi connectivity index (χ0) is 19.0. The Morgan fingerprint density at radius 2 is 2.12 bits per heavy atom. The van der Waals surface area contributed by atoms with Crippen LogP contribution in [0.1, 0.15) is 50.8 Å². The number of hydrogen-bond acceptors (Lipinski definition) is 5. The number of fused-ring (bicyclic) bond motifs is 1. The summed E-state index contributed by atoms with van der Waals surface area (Å²) in [4.78, 5) is 38.9. The Bertz CT molecular complexity index is 899. The number of nitrogens with one attached hydrogen (secondary N) is 1. The van der Waals surface area contributed by atoms with Crippen molar-refractivity contribution in [3.8, 4) is 0 Å². The summed E-state index contributed by atoms with van der Waals surface area (Å²) in [6.07, 6.45) is 0.547. The van der Waals surface area contributed by atoms with Crippen molar-refractivity contribution in [3.05, 3.63) is 33.5 Å². The Morgan fingerprint density at radius 3 is 2.73 bits per heavy atom. The SMILES string of the molecule is CCn1nc(C)cc1C(=O)Nc1sc2c(c1C(N)=O)CCN(C(C)=O)C2. The van der Waals surface area contributed by atoms with Gasteiger partial charge in [0.25, 0.3) is 11.8 Å². The number of primary amides is 1. The fourth-order valence-electron chi connectivity index (χ4n) is 3.16. The van der Waals surface area contributed by atoms with Gasteiger partial charge in [-0.05, 0) is 31.9 Å². The summed E-state index contributed by atoms with van der Waals surface area (Å²) in [5, 5.41) is 7.51. The largest absolute Gasteiger partial charge is 0.365 e. The van der Waals surface area contributed by atoms with E-state index in [9.17, 15) is 14.4 Å². The average molecular weight is 375 g/mol. The number of nitrogens with zero attached hydrogens (tertiary/aromatic N) is 3. The van der Waals surface area contributed by atoms with Crippen LogP contribution in [0.5, 0.6) is 0 Å². The van der Waals surface area contributed by atoms with Gasteiger partial charge in [0.1, 0.15) is 10.7 Å². The van der Waals surface area contributed by atoms with Crippen LogP contribution in [0.2, 0.25) is 0 Å². The van der Waals surface area contributed by atoms with Gasteiger partial charge in [-0.3, -0.25) is 19.1 Å². The van der Waals surface area contributed by atoms with Crippen molar-refractivity contribution >= 4 is 34.1 Å². The molecule has 0 atom stereocenters. The third-order valence-corrected chi connectivity index (χ3v) is 5.54. The van der Waals surface area contributed by atoms with Gasteiger partial charge in [0.05, 0.1) is 17.8 Å². The molecule has 8 nitrogen and oxygen atoms in total. The van der Waals surface area contributed by atoms with E-state index in [4.69, 9.17) is 5.73 Å². The van der Waals surface area contributed by atoms with Crippen LogP contribution in [-0.4, -0.2) is 38.9 Å². The maximum absolute atomic E-state index is 12.7. The first kappa shape index (κ1) is 18.1. The number of carbonyl (C=O) groups is 3. The highest BCUT2D eigenvalue weighted by molar-refractivity contribution is 7.17. The second kappa shape index (κ2) is 6.91. The van der Waals surface area contributed by atoms with E-state index in [-0.39, 0.29) is 11.8 Å². The van der Waals surface area contributed by atoms with Gasteiger partial charge < -0.3 is 16.0 Å². The lowest BCUT2D eigenvalue weighted by Crippen LogP contribution is -2.34. The minimum absolute atomic E-state index is 0.0161. The number of aryl methyl sites for hydroxylation is 2. The zero-order valence-electron chi connectivity index (χ0n) is 15.0. The van der Waals surface area contributed by atoms with E-state index in [1.54, 1.807) is 15.6 Å². The van der Waals surface area contributed by atoms with E-state index in [0.717, 1.165) is 16.1 Å². The molecule has 0 aromatic carbocycles. The molecule has 0 bridgehead atoms. The van der Waals surface area contributed by atoms with Crippen molar-refractivity contribution in [1.29, 1.82) is 0 Å². The van der Waals surface area contributed by atoms with Crippen molar-refractivity contribution in [2.75, 3.05) is 11.9 Å². The molecule has 0 saturated heterocycles. The van der Waals surface area contributed by atoms with Gasteiger partial charge in [-0.25, -0.2) is 0 Å². The first-order valence-electron chi connectivity index (χ1n) is 8.37. The number of hydrogen-bond donors (Lipinski definition) is 2. The molecule has 0 saturated carbocycles. The fourth-order valence-corrected chi connectivity index (χ4v) is 4.42. The van der Waals surface area contributed by atoms with Gasteiger partial charge in [0.2, 0.25) is 5.91 Å². The molecule has 3 N–H and O–H groups in total. The van der Waals surface area contributed by atoms with Gasteiger partial charge >= 0.3 is 0 Å². The Kier molecular flexibility index (Phi) is 4.82. The van der Waals surface area contributed by atoms with E-state index in [2.05, 4.69) is 10.4 Å². The van der Waals surface area contributed by atoms with Gasteiger partial charge in [0, 0.05) is 24.9 Å². The highest BCUT2D eigenvalue weighted by Gasteiger charge is 2.29. The summed E-state index contributed by atoms with van der Waals surface area (Å²) in [6, 6.07) is 1.70. The van der Waals surface area contributed by atoms with E-state index in [0.29, 0.717) is 42.3 Å². The summed E-state index contributed by atoms with van der Waals surface area (Å²) >= 11 is 1.30. The van der Waals surface area contributed by atoms with Gasteiger partial charge in [0.15, 0.2) is 0 Å². The molecule has 0 fully saturated rings. The molecule has 1 aliphatic rings. The quantitative estimate of drug-likeness (QED) is 0.844. The molecule has 138 valence electrons. The van der Waals surface area contributed by atoms with Crippen LogP contribution in [0.15, 0.2) is 6.07 Å². The smallest absolute Gasteiger partial charge is 0.274 e. The molecule has 0 spiro atoms. The molecule has 26 heavy (non-hydrogen) atoms. The zero-order valence-corrected chi connectivity index (χ0v) is 15.8. The maximum Gasteiger partial charge on any atom is 0.274 e. The van der Waals surface area contributed by atoms with E-state index in [1.165, 1.54) is 18.3 Å². The first-order valence-corrected chi connectivity index (χ1v) is 9.19. The molecular weight excluding hydrogens is 354 g/mol. The minimum atomic E-state index is -0.575. The lowest BCUT2D eigenvalue weighted by molar-refractivity contribution is -0.129. The third-order valence-electron chi connectivity index (χ3n) is 4.41. The van der Waals surface area contributed by atoms with Crippen molar-refractivity contribution < 1.29 is 14.4 Å². The minimum Gasteiger partial charge on any atom is -0.365 e. The number of thiophene rings is 1. The van der Waals surface area contributed by atoms with Crippen LogP contribution < -0.4 is 11.1 Å². The van der Waals surface area contributed by atoms with E-state index >= 15 is 0 Å². The number of aromatic nitrogens is 2. The average Bonchev–Trinajstić information content (AvgIpc) is 3.13. The molecule has 1 aliphatic heterocycles. The Labute approximate surface area is 155 Å². The maximum atomic E-state index is 12.7. The summed E-state index contributed by atoms with van der Waals surface area (Å²) in [5.74, 6) is -0.927. The second-order valence-corrected chi connectivity index (χ2v) is 7.31. The Hall–Kier alpha value is -2.68. The molecular formula is C17H21N5O3S. The molecule has 3 amide bonds. The molecule has 3 rings (SSSR count). The van der Waals surface area contributed by atoms with Crippen LogP contribution in [0, 0.1) is 6.92 Å². The van der Waals surface area contributed by atoms with Crippen molar-refractivity contribution in [3.63, 3.8) is 0 Å². The topological polar surface area (TPSA) is 110 Å². The first-order chi connectivity index (χ1) is 12.3. The number of amides is 3. The standard InChI is InChI=1S/C17H21N5O3S/c1-4-22-12(7-9(2)20-22)16(25)19-17-14(15(18)24)11-5-6-21(10(3)23)8-13(11)26-17/h7H,4-6,8H2,1-3H3,(H2,18,24)(H,19,25). The lowest BCUT2D eigenvalue weighted by atomic mass is 10.0. The number of rotatable bonds is 4. The van der Waals surface area contributed by atoms with E-state index in [1.807, 2.05) is 13.8 Å². The summed E-state index contributed by atoms with van der Waals surface area (Å²) < 4.78 is 1.61. The third kappa shape index (κ3) is 3.22. The highest BCUT2D eigenvalue weighted by atomic mass is 32.1. The Morgan fingerprint density at radius 1 is 1.38 bits per heavy atom. The fraction of sp³-hybridized carbons (Fsp3) is 0.412. The summed E-state index contributed by atoms with van der Waals surface area (Å²) in [6.45, 7) is 6.76. The van der Waals surface area contributed by atoms with Crippen LogP contribution >= 0.6 is 11.3 Å². The normalized spacial score (nSPS) is 13.4. The van der Waals surface area contributed by atoms with Crippen LogP contribution in [0.3, 0.4) is 0 Å². The van der Waals surface area contributed by atoms with Crippen molar-refractivity contribution in [1.82, 2.24) is 14.7 Å². The predicted octanol–water partition coefficient (Wildman–Crippen LogP) is 1.53. The summed E-state index contributed by atoms with van der Waals surface area (Å²) in [7, 11) is 0. The van der Waals surface area contributed by atoms with Crippen molar-refractivity contribution in [2.24, 2.45) is 5.73 Å². The van der Waals surface area contributed by atoms with E-state index < -0.39 is 5.91 Å². The lowest BCUT2D eigenvalue weighted by Gasteiger charge is -2.25. The molecule has 0 radical (unpaired) electrons. The molecule has 9 heteroatoms. The van der Waals surface area contributed by atoms with Crippen LogP contribution in [-0.2, 0) is 24.3 Å². The van der Waals surface area contributed by atoms with Gasteiger partial charge in [-0.2, -0.15) is 5.10 Å². The Balaban J connectivity index is 1.94. The van der Waals surface area contributed by atoms with Gasteiger partial charge in [-0.1, -0.05) is 0 Å².